The predicted octanol–water partition coefficient (Wildman–Crippen LogP) is 2.11. The van der Waals surface area contributed by atoms with Gasteiger partial charge < -0.3 is 14.2 Å². The highest BCUT2D eigenvalue weighted by Gasteiger charge is 2.08. The Balaban J connectivity index is 2.34. The predicted molar refractivity (Wildman–Crippen MR) is 64.8 cm³/mol. The number of para-hydroxylation sites is 1. The van der Waals surface area contributed by atoms with E-state index >= 15 is 0 Å². The lowest BCUT2D eigenvalue weighted by Crippen LogP contribution is -2.11. The lowest BCUT2D eigenvalue weighted by molar-refractivity contribution is 0.0542. The minimum Gasteiger partial charge on any atom is -0.490 e. The van der Waals surface area contributed by atoms with Crippen LogP contribution in [0.3, 0.4) is 0 Å². The summed E-state index contributed by atoms with van der Waals surface area (Å²) in [6.45, 7) is 1.88. The van der Waals surface area contributed by atoms with Gasteiger partial charge in [0.05, 0.1) is 25.4 Å². The molecule has 0 aliphatic heterocycles. The first-order chi connectivity index (χ1) is 8.25. The minimum absolute atomic E-state index is 0.366. The summed E-state index contributed by atoms with van der Waals surface area (Å²) < 4.78 is 15.5. The maximum absolute atomic E-state index is 11.1. The van der Waals surface area contributed by atoms with E-state index in [1.807, 2.05) is 0 Å². The van der Waals surface area contributed by atoms with Gasteiger partial charge in [-0.2, -0.15) is 0 Å². The Morgan fingerprint density at radius 1 is 1.18 bits per heavy atom. The summed E-state index contributed by atoms with van der Waals surface area (Å²) >= 11 is 5.42. The van der Waals surface area contributed by atoms with Crippen molar-refractivity contribution in [2.24, 2.45) is 0 Å². The second kappa shape index (κ2) is 8.06. The number of ether oxygens (including phenoxy) is 3. The van der Waals surface area contributed by atoms with Crippen molar-refractivity contribution in [1.82, 2.24) is 0 Å². The van der Waals surface area contributed by atoms with Crippen molar-refractivity contribution in [2.75, 3.05) is 33.5 Å². The fraction of sp³-hybridized carbons (Fsp3) is 0.417. The summed E-state index contributed by atoms with van der Waals surface area (Å²) in [6, 6.07) is 6.84. The third-order valence-corrected chi connectivity index (χ3v) is 2.22. The van der Waals surface area contributed by atoms with Crippen molar-refractivity contribution >= 4 is 16.8 Å². The lowest BCUT2D eigenvalue weighted by Gasteiger charge is -2.09. The minimum atomic E-state index is -0.527. The van der Waals surface area contributed by atoms with Crippen molar-refractivity contribution in [3.8, 4) is 5.75 Å². The van der Waals surface area contributed by atoms with Gasteiger partial charge in [0.1, 0.15) is 12.4 Å². The van der Waals surface area contributed by atoms with Gasteiger partial charge in [0, 0.05) is 7.11 Å². The zero-order valence-corrected chi connectivity index (χ0v) is 10.4. The number of rotatable bonds is 8. The fourth-order valence-electron chi connectivity index (χ4n) is 1.21. The van der Waals surface area contributed by atoms with Crippen molar-refractivity contribution < 1.29 is 19.0 Å². The molecule has 0 spiro atoms. The Hall–Kier alpha value is -1.10. The number of methoxy groups -OCH3 is 1. The highest BCUT2D eigenvalue weighted by Crippen LogP contribution is 2.19. The van der Waals surface area contributed by atoms with Gasteiger partial charge in [-0.05, 0) is 23.7 Å². The molecule has 0 bridgehead atoms. The van der Waals surface area contributed by atoms with Gasteiger partial charge in [-0.1, -0.05) is 12.1 Å². The molecule has 0 fully saturated rings. The molecule has 4 nitrogen and oxygen atoms in total. The molecule has 0 amide bonds. The number of hydrogen-bond acceptors (Lipinski definition) is 4. The Bertz CT molecular complexity index is 354. The zero-order chi connectivity index (χ0) is 12.5. The average molecular weight is 259 g/mol. The maximum Gasteiger partial charge on any atom is 0.256 e. The molecule has 0 aliphatic rings. The monoisotopic (exact) mass is 258 g/mol. The number of carbonyl (C=O) groups excluding carboxylic acids is 1. The third kappa shape index (κ3) is 5.17. The summed E-state index contributed by atoms with van der Waals surface area (Å²) in [5, 5.41) is -0.527. The standard InChI is InChI=1S/C12H15ClO4/c1-15-6-7-16-8-9-17-11-5-3-2-4-10(11)12(13)14/h2-5H,6-9H2,1H3. The second-order valence-corrected chi connectivity index (χ2v) is 3.57. The van der Waals surface area contributed by atoms with Crippen LogP contribution in [0.5, 0.6) is 5.75 Å². The summed E-state index contributed by atoms with van der Waals surface area (Å²) in [7, 11) is 1.61. The maximum atomic E-state index is 11.1. The Kier molecular flexibility index (Phi) is 6.62. The second-order valence-electron chi connectivity index (χ2n) is 3.22. The summed E-state index contributed by atoms with van der Waals surface area (Å²) in [5.41, 5.74) is 0.367. The molecule has 0 saturated heterocycles. The van der Waals surface area contributed by atoms with E-state index < -0.39 is 5.24 Å². The number of hydrogen-bond donors (Lipinski definition) is 0. The molecule has 5 heteroatoms. The Morgan fingerprint density at radius 3 is 2.59 bits per heavy atom. The molecule has 0 unspecified atom stereocenters. The first kappa shape index (κ1) is 14.0. The topological polar surface area (TPSA) is 44.8 Å². The van der Waals surface area contributed by atoms with Crippen molar-refractivity contribution in [2.45, 2.75) is 0 Å². The molecule has 0 saturated carbocycles. The molecule has 94 valence electrons. The number of carbonyl (C=O) groups is 1. The van der Waals surface area contributed by atoms with Crippen molar-refractivity contribution in [1.29, 1.82) is 0 Å². The van der Waals surface area contributed by atoms with E-state index in [1.54, 1.807) is 31.4 Å². The number of halogens is 1. The van der Waals surface area contributed by atoms with Gasteiger partial charge in [0.15, 0.2) is 0 Å². The highest BCUT2D eigenvalue weighted by atomic mass is 35.5. The SMILES string of the molecule is COCCOCCOc1ccccc1C(=O)Cl. The van der Waals surface area contributed by atoms with E-state index in [0.717, 1.165) is 0 Å². The van der Waals surface area contributed by atoms with Gasteiger partial charge in [-0.3, -0.25) is 4.79 Å². The third-order valence-electron chi connectivity index (χ3n) is 2.02. The molecule has 1 aromatic rings. The molecule has 0 atom stereocenters. The van der Waals surface area contributed by atoms with Crippen LogP contribution in [0.4, 0.5) is 0 Å². The molecular weight excluding hydrogens is 244 g/mol. The first-order valence-corrected chi connectivity index (χ1v) is 5.62. The lowest BCUT2D eigenvalue weighted by atomic mass is 10.2. The van der Waals surface area contributed by atoms with Gasteiger partial charge >= 0.3 is 0 Å². The highest BCUT2D eigenvalue weighted by molar-refractivity contribution is 6.68. The van der Waals surface area contributed by atoms with Crippen LogP contribution < -0.4 is 4.74 Å². The summed E-state index contributed by atoms with van der Waals surface area (Å²) in [5.74, 6) is 0.475. The normalized spacial score (nSPS) is 10.2. The van der Waals surface area contributed by atoms with Crippen molar-refractivity contribution in [3.05, 3.63) is 29.8 Å². The van der Waals surface area contributed by atoms with Gasteiger partial charge in [0.25, 0.3) is 5.24 Å². The molecule has 1 rings (SSSR count). The van der Waals surface area contributed by atoms with Crippen LogP contribution >= 0.6 is 11.6 Å². The Morgan fingerprint density at radius 2 is 1.88 bits per heavy atom. The smallest absolute Gasteiger partial charge is 0.256 e. The fourth-order valence-corrected chi connectivity index (χ4v) is 1.37. The molecular formula is C12H15ClO4. The molecule has 0 aliphatic carbocycles. The van der Waals surface area contributed by atoms with Crippen LogP contribution in [-0.2, 0) is 9.47 Å². The molecule has 1 aromatic carbocycles. The number of benzene rings is 1. The molecule has 0 radical (unpaired) electrons. The van der Waals surface area contributed by atoms with Gasteiger partial charge in [-0.25, -0.2) is 0 Å². The van der Waals surface area contributed by atoms with Crippen LogP contribution in [0.1, 0.15) is 10.4 Å². The van der Waals surface area contributed by atoms with Crippen LogP contribution in [0.2, 0.25) is 0 Å². The zero-order valence-electron chi connectivity index (χ0n) is 9.65. The van der Waals surface area contributed by atoms with E-state index in [1.165, 1.54) is 0 Å². The Labute approximate surface area is 105 Å². The molecule has 0 heterocycles. The first-order valence-electron chi connectivity index (χ1n) is 5.24. The van der Waals surface area contributed by atoms with Gasteiger partial charge in [-0.15, -0.1) is 0 Å². The summed E-state index contributed by atoms with van der Waals surface area (Å²) in [4.78, 5) is 11.1. The van der Waals surface area contributed by atoms with Crippen LogP contribution in [0, 0.1) is 0 Å². The van der Waals surface area contributed by atoms with E-state index in [-0.39, 0.29) is 0 Å². The quantitative estimate of drug-likeness (QED) is 0.529. The van der Waals surface area contributed by atoms with Crippen molar-refractivity contribution in [3.63, 3.8) is 0 Å². The van der Waals surface area contributed by atoms with Gasteiger partial charge in [0.2, 0.25) is 0 Å². The van der Waals surface area contributed by atoms with Crippen LogP contribution in [0.15, 0.2) is 24.3 Å². The molecule has 17 heavy (non-hydrogen) atoms. The van der Waals surface area contributed by atoms with E-state index in [9.17, 15) is 4.79 Å². The molecule has 0 aromatic heterocycles. The molecule has 0 N–H and O–H groups in total. The largest absolute Gasteiger partial charge is 0.490 e. The average Bonchev–Trinajstić information content (AvgIpc) is 2.34. The summed E-state index contributed by atoms with van der Waals surface area (Å²) in [6.07, 6.45) is 0. The van der Waals surface area contributed by atoms with E-state index in [4.69, 9.17) is 25.8 Å². The van der Waals surface area contributed by atoms with E-state index in [0.29, 0.717) is 37.7 Å². The van der Waals surface area contributed by atoms with Crippen LogP contribution in [0.25, 0.3) is 0 Å². The van der Waals surface area contributed by atoms with Crippen LogP contribution in [-0.4, -0.2) is 38.8 Å². The van der Waals surface area contributed by atoms with E-state index in [2.05, 4.69) is 0 Å².